The standard InChI is InChI=1S/C13H21NO4/c1-8(2)12(16)14-11(13(17)18-3)9-5-4-6-10(15)7-9/h8-9,11H,4-7H2,1-3H3,(H,14,16)/t9-,11-/m1/s1. The fraction of sp³-hybridized carbons (Fsp3) is 0.769. The summed E-state index contributed by atoms with van der Waals surface area (Å²) in [4.78, 5) is 34.9. The van der Waals surface area contributed by atoms with Gasteiger partial charge in [0.05, 0.1) is 7.11 Å². The molecule has 1 amide bonds. The molecule has 1 fully saturated rings. The van der Waals surface area contributed by atoms with Gasteiger partial charge in [0, 0.05) is 18.8 Å². The first kappa shape index (κ1) is 14.7. The lowest BCUT2D eigenvalue weighted by Gasteiger charge is -2.28. The van der Waals surface area contributed by atoms with Gasteiger partial charge in [-0.15, -0.1) is 0 Å². The normalized spacial score (nSPS) is 21.6. The molecule has 0 aliphatic heterocycles. The van der Waals surface area contributed by atoms with E-state index < -0.39 is 12.0 Å². The van der Waals surface area contributed by atoms with Gasteiger partial charge in [-0.1, -0.05) is 13.8 Å². The summed E-state index contributed by atoms with van der Waals surface area (Å²) in [6.07, 6.45) is 2.46. The Morgan fingerprint density at radius 1 is 1.39 bits per heavy atom. The van der Waals surface area contributed by atoms with Gasteiger partial charge in [0.2, 0.25) is 5.91 Å². The Labute approximate surface area is 107 Å². The zero-order chi connectivity index (χ0) is 13.7. The lowest BCUT2D eigenvalue weighted by Crippen LogP contribution is -2.49. The maximum Gasteiger partial charge on any atom is 0.328 e. The Kier molecular flexibility index (Phi) is 5.31. The molecule has 0 aromatic heterocycles. The minimum Gasteiger partial charge on any atom is -0.467 e. The highest BCUT2D eigenvalue weighted by atomic mass is 16.5. The van der Waals surface area contributed by atoms with E-state index in [1.165, 1.54) is 7.11 Å². The second-order valence-corrected chi connectivity index (χ2v) is 5.06. The van der Waals surface area contributed by atoms with Crippen LogP contribution in [0.5, 0.6) is 0 Å². The summed E-state index contributed by atoms with van der Waals surface area (Å²) in [5.74, 6) is -0.844. The van der Waals surface area contributed by atoms with E-state index in [2.05, 4.69) is 5.32 Å². The van der Waals surface area contributed by atoms with E-state index in [-0.39, 0.29) is 23.5 Å². The number of carbonyl (C=O) groups is 3. The number of amides is 1. The third-order valence-electron chi connectivity index (χ3n) is 3.27. The van der Waals surface area contributed by atoms with E-state index in [0.29, 0.717) is 12.8 Å². The predicted octanol–water partition coefficient (Wildman–Crippen LogP) is 1.06. The number of esters is 1. The van der Waals surface area contributed by atoms with Crippen LogP contribution in [0, 0.1) is 11.8 Å². The zero-order valence-corrected chi connectivity index (χ0v) is 11.2. The minimum atomic E-state index is -0.700. The molecular weight excluding hydrogens is 234 g/mol. The third kappa shape index (κ3) is 3.82. The molecule has 5 heteroatoms. The van der Waals surface area contributed by atoms with Gasteiger partial charge in [0.1, 0.15) is 11.8 Å². The van der Waals surface area contributed by atoms with Crippen molar-refractivity contribution in [3.8, 4) is 0 Å². The summed E-state index contributed by atoms with van der Waals surface area (Å²) in [6, 6.07) is -0.700. The molecule has 0 aromatic rings. The average molecular weight is 255 g/mol. The Morgan fingerprint density at radius 2 is 2.06 bits per heavy atom. The van der Waals surface area contributed by atoms with Crippen LogP contribution in [0.4, 0.5) is 0 Å². The largest absolute Gasteiger partial charge is 0.467 e. The molecule has 0 bridgehead atoms. The van der Waals surface area contributed by atoms with Gasteiger partial charge in [-0.25, -0.2) is 4.79 Å². The molecule has 2 atom stereocenters. The molecule has 0 saturated heterocycles. The van der Waals surface area contributed by atoms with Crippen LogP contribution in [0.3, 0.4) is 0 Å². The Hall–Kier alpha value is -1.39. The number of ether oxygens (including phenoxy) is 1. The highest BCUT2D eigenvalue weighted by Gasteiger charge is 2.34. The summed E-state index contributed by atoms with van der Waals surface area (Å²) >= 11 is 0. The Morgan fingerprint density at radius 3 is 2.56 bits per heavy atom. The quantitative estimate of drug-likeness (QED) is 0.762. The summed E-state index contributed by atoms with van der Waals surface area (Å²) in [7, 11) is 1.29. The van der Waals surface area contributed by atoms with Gasteiger partial charge in [-0.05, 0) is 18.8 Å². The second kappa shape index (κ2) is 6.52. The van der Waals surface area contributed by atoms with Crippen molar-refractivity contribution >= 4 is 17.7 Å². The van der Waals surface area contributed by atoms with Crippen LogP contribution in [0.2, 0.25) is 0 Å². The predicted molar refractivity (Wildman–Crippen MR) is 65.7 cm³/mol. The molecule has 1 N–H and O–H groups in total. The molecule has 102 valence electrons. The van der Waals surface area contributed by atoms with Gasteiger partial charge in [0.25, 0.3) is 0 Å². The monoisotopic (exact) mass is 255 g/mol. The number of Topliss-reactive ketones (excluding diaryl/α,β-unsaturated/α-hetero) is 1. The van der Waals surface area contributed by atoms with Crippen LogP contribution in [-0.2, 0) is 19.1 Å². The second-order valence-electron chi connectivity index (χ2n) is 5.06. The molecule has 0 unspecified atom stereocenters. The van der Waals surface area contributed by atoms with Crippen molar-refractivity contribution in [1.82, 2.24) is 5.32 Å². The highest BCUT2D eigenvalue weighted by molar-refractivity contribution is 5.87. The van der Waals surface area contributed by atoms with Crippen molar-refractivity contribution < 1.29 is 19.1 Å². The van der Waals surface area contributed by atoms with Crippen LogP contribution in [0.25, 0.3) is 0 Å². The lowest BCUT2D eigenvalue weighted by atomic mass is 9.83. The molecule has 1 aliphatic rings. The number of ketones is 1. The maximum absolute atomic E-state index is 11.7. The fourth-order valence-corrected chi connectivity index (χ4v) is 2.16. The van der Waals surface area contributed by atoms with Gasteiger partial charge in [-0.2, -0.15) is 0 Å². The molecule has 0 spiro atoms. The summed E-state index contributed by atoms with van der Waals surface area (Å²) in [6.45, 7) is 3.52. The van der Waals surface area contributed by atoms with E-state index in [0.717, 1.165) is 12.8 Å². The van der Waals surface area contributed by atoms with Crippen molar-refractivity contribution in [1.29, 1.82) is 0 Å². The molecule has 5 nitrogen and oxygen atoms in total. The molecule has 1 saturated carbocycles. The topological polar surface area (TPSA) is 72.5 Å². The molecule has 1 aliphatic carbocycles. The molecule has 18 heavy (non-hydrogen) atoms. The SMILES string of the molecule is COC(=O)[C@H](NC(=O)C(C)C)[C@@H]1CCCC(=O)C1. The van der Waals surface area contributed by atoms with Crippen LogP contribution < -0.4 is 5.32 Å². The number of hydrogen-bond acceptors (Lipinski definition) is 4. The Balaban J connectivity index is 2.74. The first-order valence-electron chi connectivity index (χ1n) is 6.35. The zero-order valence-electron chi connectivity index (χ0n) is 11.2. The van der Waals surface area contributed by atoms with Crippen molar-refractivity contribution in [3.63, 3.8) is 0 Å². The van der Waals surface area contributed by atoms with Gasteiger partial charge in [-0.3, -0.25) is 9.59 Å². The molecule has 0 radical (unpaired) electrons. The Bertz CT molecular complexity index is 338. The number of nitrogens with one attached hydrogen (secondary N) is 1. The van der Waals surface area contributed by atoms with Crippen molar-refractivity contribution in [2.45, 2.75) is 45.6 Å². The number of rotatable bonds is 4. The van der Waals surface area contributed by atoms with E-state index in [1.807, 2.05) is 0 Å². The van der Waals surface area contributed by atoms with Crippen LogP contribution >= 0.6 is 0 Å². The lowest BCUT2D eigenvalue weighted by molar-refractivity contribution is -0.147. The van der Waals surface area contributed by atoms with Crippen molar-refractivity contribution in [2.75, 3.05) is 7.11 Å². The van der Waals surface area contributed by atoms with E-state index in [1.54, 1.807) is 13.8 Å². The van der Waals surface area contributed by atoms with Crippen molar-refractivity contribution in [3.05, 3.63) is 0 Å². The first-order chi connectivity index (χ1) is 8.45. The number of methoxy groups -OCH3 is 1. The van der Waals surface area contributed by atoms with E-state index in [9.17, 15) is 14.4 Å². The third-order valence-corrected chi connectivity index (χ3v) is 3.27. The summed E-state index contributed by atoms with van der Waals surface area (Å²) in [5.41, 5.74) is 0. The minimum absolute atomic E-state index is 0.138. The van der Waals surface area contributed by atoms with Crippen molar-refractivity contribution in [2.24, 2.45) is 11.8 Å². The molecule has 1 rings (SSSR count). The van der Waals surface area contributed by atoms with Gasteiger partial charge < -0.3 is 10.1 Å². The fourth-order valence-electron chi connectivity index (χ4n) is 2.16. The highest BCUT2D eigenvalue weighted by Crippen LogP contribution is 2.25. The molecule has 0 aromatic carbocycles. The van der Waals surface area contributed by atoms with E-state index in [4.69, 9.17) is 4.74 Å². The van der Waals surface area contributed by atoms with Crippen LogP contribution in [-0.4, -0.2) is 30.8 Å². The molecule has 0 heterocycles. The molecular formula is C13H21NO4. The smallest absolute Gasteiger partial charge is 0.328 e. The summed E-state index contributed by atoms with van der Waals surface area (Å²) < 4.78 is 4.72. The van der Waals surface area contributed by atoms with Gasteiger partial charge in [0.15, 0.2) is 0 Å². The maximum atomic E-state index is 11.7. The van der Waals surface area contributed by atoms with E-state index >= 15 is 0 Å². The van der Waals surface area contributed by atoms with Gasteiger partial charge >= 0.3 is 5.97 Å². The van der Waals surface area contributed by atoms with Crippen LogP contribution in [0.1, 0.15) is 39.5 Å². The van der Waals surface area contributed by atoms with Crippen LogP contribution in [0.15, 0.2) is 0 Å². The number of carbonyl (C=O) groups excluding carboxylic acids is 3. The number of hydrogen-bond donors (Lipinski definition) is 1. The average Bonchev–Trinajstić information content (AvgIpc) is 2.34. The summed E-state index contributed by atoms with van der Waals surface area (Å²) in [5, 5.41) is 2.69. The first-order valence-corrected chi connectivity index (χ1v) is 6.35.